The van der Waals surface area contributed by atoms with Crippen LogP contribution in [-0.4, -0.2) is 49.9 Å². The van der Waals surface area contributed by atoms with Gasteiger partial charge >= 0.3 is 0 Å². The average molecular weight is 341 g/mol. The van der Waals surface area contributed by atoms with Gasteiger partial charge in [0.05, 0.1) is 30.2 Å². The van der Waals surface area contributed by atoms with E-state index in [1.54, 1.807) is 12.4 Å². The molecule has 2 atom stereocenters. The summed E-state index contributed by atoms with van der Waals surface area (Å²) in [5.41, 5.74) is 1.75. The third-order valence-corrected chi connectivity index (χ3v) is 5.00. The van der Waals surface area contributed by atoms with Gasteiger partial charge in [-0.1, -0.05) is 6.07 Å². The molecule has 7 nitrogen and oxygen atoms in total. The number of aliphatic hydroxyl groups is 1. The summed E-state index contributed by atoms with van der Waals surface area (Å²) in [5.74, 6) is 0.276. The fraction of sp³-hybridized carbons (Fsp3) is 0.500. The van der Waals surface area contributed by atoms with Crippen molar-refractivity contribution in [3.05, 3.63) is 42.5 Å². The van der Waals surface area contributed by atoms with Crippen LogP contribution in [0.25, 0.3) is 0 Å². The lowest BCUT2D eigenvalue weighted by molar-refractivity contribution is -0.117. The minimum Gasteiger partial charge on any atom is -0.395 e. The highest BCUT2D eigenvalue weighted by Crippen LogP contribution is 2.31. The second kappa shape index (κ2) is 6.93. The zero-order valence-corrected chi connectivity index (χ0v) is 14.1. The van der Waals surface area contributed by atoms with Gasteiger partial charge in [-0.3, -0.25) is 19.4 Å². The molecule has 3 heterocycles. The van der Waals surface area contributed by atoms with E-state index in [9.17, 15) is 9.90 Å². The Morgan fingerprint density at radius 3 is 2.96 bits per heavy atom. The fourth-order valence-electron chi connectivity index (χ4n) is 3.42. The summed E-state index contributed by atoms with van der Waals surface area (Å²) in [6.45, 7) is 1.64. The molecule has 1 aliphatic carbocycles. The number of carbonyl (C=O) groups excluding carboxylic acids is 1. The van der Waals surface area contributed by atoms with Crippen molar-refractivity contribution in [2.45, 2.75) is 37.9 Å². The first-order valence-corrected chi connectivity index (χ1v) is 8.83. The van der Waals surface area contributed by atoms with Crippen LogP contribution < -0.4 is 5.32 Å². The van der Waals surface area contributed by atoms with Crippen LogP contribution in [0.4, 0.5) is 5.69 Å². The van der Waals surface area contributed by atoms with Crippen LogP contribution in [0.15, 0.2) is 36.8 Å². The molecule has 132 valence electrons. The number of pyridine rings is 1. The minimum atomic E-state index is 0.0935. The number of nitrogens with one attached hydrogen (secondary N) is 1. The molecule has 2 N–H and O–H groups in total. The van der Waals surface area contributed by atoms with Gasteiger partial charge in [0.15, 0.2) is 0 Å². The highest BCUT2D eigenvalue weighted by Gasteiger charge is 2.34. The summed E-state index contributed by atoms with van der Waals surface area (Å²) in [7, 11) is 0. The van der Waals surface area contributed by atoms with Gasteiger partial charge in [0, 0.05) is 37.4 Å². The highest BCUT2D eigenvalue weighted by molar-refractivity contribution is 5.93. The smallest absolute Gasteiger partial charge is 0.227 e. The Hall–Kier alpha value is -2.25. The number of hydrogen-bond acceptors (Lipinski definition) is 5. The van der Waals surface area contributed by atoms with Crippen molar-refractivity contribution in [2.75, 3.05) is 18.5 Å². The summed E-state index contributed by atoms with van der Waals surface area (Å²) in [6, 6.07) is 6.17. The molecule has 7 heteroatoms. The summed E-state index contributed by atoms with van der Waals surface area (Å²) in [4.78, 5) is 18.5. The number of aliphatic hydroxyl groups excluding tert-OH is 1. The van der Waals surface area contributed by atoms with Crippen molar-refractivity contribution in [1.82, 2.24) is 19.7 Å². The molecule has 4 rings (SSSR count). The van der Waals surface area contributed by atoms with Gasteiger partial charge in [-0.2, -0.15) is 5.10 Å². The molecule has 0 bridgehead atoms. The Labute approximate surface area is 146 Å². The molecule has 1 amide bonds. The lowest BCUT2D eigenvalue weighted by Gasteiger charge is -2.21. The Kier molecular flexibility index (Phi) is 4.50. The molecule has 1 aliphatic heterocycles. The normalized spacial score (nSPS) is 23.7. The van der Waals surface area contributed by atoms with Crippen LogP contribution in [0.2, 0.25) is 0 Å². The number of anilines is 1. The van der Waals surface area contributed by atoms with E-state index in [4.69, 9.17) is 0 Å². The lowest BCUT2D eigenvalue weighted by atomic mass is 10.2. The third-order valence-electron chi connectivity index (χ3n) is 5.00. The van der Waals surface area contributed by atoms with Crippen molar-refractivity contribution >= 4 is 11.6 Å². The topological polar surface area (TPSA) is 83.3 Å². The summed E-state index contributed by atoms with van der Waals surface area (Å²) in [6.07, 6.45) is 8.20. The fourth-order valence-corrected chi connectivity index (χ4v) is 3.42. The van der Waals surface area contributed by atoms with Crippen LogP contribution in [0.5, 0.6) is 0 Å². The van der Waals surface area contributed by atoms with E-state index in [1.165, 1.54) is 0 Å². The number of aromatic nitrogens is 3. The van der Waals surface area contributed by atoms with Crippen LogP contribution >= 0.6 is 0 Å². The Morgan fingerprint density at radius 2 is 2.24 bits per heavy atom. The predicted molar refractivity (Wildman–Crippen MR) is 92.8 cm³/mol. The van der Waals surface area contributed by atoms with Crippen LogP contribution in [0.3, 0.4) is 0 Å². The first kappa shape index (κ1) is 16.2. The monoisotopic (exact) mass is 341 g/mol. The third kappa shape index (κ3) is 3.72. The van der Waals surface area contributed by atoms with Crippen molar-refractivity contribution in [2.24, 2.45) is 5.92 Å². The maximum atomic E-state index is 11.9. The first-order chi connectivity index (χ1) is 12.2. The van der Waals surface area contributed by atoms with Gasteiger partial charge in [-0.15, -0.1) is 0 Å². The van der Waals surface area contributed by atoms with Crippen molar-refractivity contribution in [1.29, 1.82) is 0 Å². The number of carbonyl (C=O) groups is 1. The second-order valence-corrected chi connectivity index (χ2v) is 6.95. The highest BCUT2D eigenvalue weighted by atomic mass is 16.3. The number of amides is 1. The summed E-state index contributed by atoms with van der Waals surface area (Å²) < 4.78 is 1.91. The van der Waals surface area contributed by atoms with E-state index >= 15 is 0 Å². The maximum Gasteiger partial charge on any atom is 0.227 e. The molecule has 0 spiro atoms. The molecular weight excluding hydrogens is 318 g/mol. The lowest BCUT2D eigenvalue weighted by Crippen LogP contribution is -2.32. The first-order valence-electron chi connectivity index (χ1n) is 8.83. The number of rotatable bonds is 6. The standard InChI is InChI=1S/C18H23N5O2/c24-12-17-7-16(11-22(17)9-14-3-1-2-6-19-14)23-10-15(8-20-23)21-18(25)13-4-5-13/h1-3,6,8,10,13,16-17,24H,4-5,7,9,11-12H2,(H,21,25)/t16-,17-/m0/s1. The average Bonchev–Trinajstić information content (AvgIpc) is 3.26. The predicted octanol–water partition coefficient (Wildman–Crippen LogP) is 1.43. The molecule has 1 saturated heterocycles. The van der Waals surface area contributed by atoms with Gasteiger partial charge in [0.25, 0.3) is 0 Å². The molecule has 25 heavy (non-hydrogen) atoms. The number of likely N-dealkylation sites (tertiary alicyclic amines) is 1. The Bertz CT molecular complexity index is 728. The molecule has 0 aromatic carbocycles. The van der Waals surface area contributed by atoms with E-state index in [0.29, 0.717) is 0 Å². The van der Waals surface area contributed by atoms with Crippen LogP contribution in [-0.2, 0) is 11.3 Å². The maximum absolute atomic E-state index is 11.9. The number of nitrogens with zero attached hydrogens (tertiary/aromatic N) is 4. The Balaban J connectivity index is 1.41. The summed E-state index contributed by atoms with van der Waals surface area (Å²) in [5, 5.41) is 17.1. The molecule has 2 fully saturated rings. The molecule has 0 radical (unpaired) electrons. The summed E-state index contributed by atoms with van der Waals surface area (Å²) >= 11 is 0. The van der Waals surface area contributed by atoms with Gasteiger partial charge in [-0.05, 0) is 31.4 Å². The SMILES string of the molecule is O=C(Nc1cnn([C@H]2C[C@@H](CO)N(Cc3ccccn3)C2)c1)C1CC1. The largest absolute Gasteiger partial charge is 0.395 e. The van der Waals surface area contributed by atoms with E-state index in [0.717, 1.165) is 43.7 Å². The Morgan fingerprint density at radius 1 is 1.36 bits per heavy atom. The molecule has 1 saturated carbocycles. The van der Waals surface area contributed by atoms with Crippen molar-refractivity contribution < 1.29 is 9.90 Å². The molecular formula is C18H23N5O2. The van der Waals surface area contributed by atoms with E-state index in [-0.39, 0.29) is 30.5 Å². The zero-order valence-electron chi connectivity index (χ0n) is 14.1. The van der Waals surface area contributed by atoms with Crippen molar-refractivity contribution in [3.8, 4) is 0 Å². The second-order valence-electron chi connectivity index (χ2n) is 6.95. The van der Waals surface area contributed by atoms with Crippen LogP contribution in [0, 0.1) is 5.92 Å². The number of hydrogen-bond donors (Lipinski definition) is 2. The molecule has 2 aliphatic rings. The molecule has 2 aromatic rings. The van der Waals surface area contributed by atoms with Crippen LogP contribution in [0.1, 0.15) is 31.0 Å². The molecule has 0 unspecified atom stereocenters. The zero-order chi connectivity index (χ0) is 17.2. The van der Waals surface area contributed by atoms with E-state index in [2.05, 4.69) is 20.3 Å². The van der Waals surface area contributed by atoms with E-state index < -0.39 is 0 Å². The molecule has 2 aromatic heterocycles. The minimum absolute atomic E-state index is 0.0935. The van der Waals surface area contributed by atoms with Crippen molar-refractivity contribution in [3.63, 3.8) is 0 Å². The quantitative estimate of drug-likeness (QED) is 0.831. The van der Waals surface area contributed by atoms with Gasteiger partial charge in [0.2, 0.25) is 5.91 Å². The van der Waals surface area contributed by atoms with Gasteiger partial charge in [0.1, 0.15) is 0 Å². The van der Waals surface area contributed by atoms with Gasteiger partial charge < -0.3 is 10.4 Å². The van der Waals surface area contributed by atoms with E-state index in [1.807, 2.05) is 29.1 Å². The van der Waals surface area contributed by atoms with Gasteiger partial charge in [-0.25, -0.2) is 0 Å².